The Balaban J connectivity index is 1.51. The van der Waals surface area contributed by atoms with Gasteiger partial charge < -0.3 is 0 Å². The first-order valence-electron chi connectivity index (χ1n) is 12.3. The molecule has 162 valence electrons. The molecule has 3 aliphatic carbocycles. The fraction of sp³-hybridized carbons (Fsp3) is 0.778. The van der Waals surface area contributed by atoms with E-state index in [-0.39, 0.29) is 0 Å². The van der Waals surface area contributed by atoms with Gasteiger partial charge in [0.15, 0.2) is 5.92 Å². The van der Waals surface area contributed by atoms with E-state index in [1.807, 2.05) is 11.3 Å². The van der Waals surface area contributed by atoms with Gasteiger partial charge in [-0.05, 0) is 96.0 Å². The fourth-order valence-electron chi connectivity index (χ4n) is 7.75. The zero-order chi connectivity index (χ0) is 21.5. The molecular weight excluding hydrogens is 384 g/mol. The molecule has 3 aliphatic rings. The number of nitriles is 2. The highest BCUT2D eigenvalue weighted by molar-refractivity contribution is 7.10. The third-order valence-electron chi connectivity index (χ3n) is 9.23. The molecule has 0 aromatic carbocycles. The van der Waals surface area contributed by atoms with Crippen molar-refractivity contribution in [3.63, 3.8) is 0 Å². The average molecular weight is 423 g/mol. The normalized spacial score (nSPS) is 33.5. The van der Waals surface area contributed by atoms with Crippen molar-refractivity contribution in [2.45, 2.75) is 97.3 Å². The van der Waals surface area contributed by atoms with Crippen LogP contribution in [0.5, 0.6) is 0 Å². The molecule has 30 heavy (non-hydrogen) atoms. The summed E-state index contributed by atoms with van der Waals surface area (Å²) in [7, 11) is 0. The zero-order valence-corrected chi connectivity index (χ0v) is 20.1. The second-order valence-corrected chi connectivity index (χ2v) is 12.1. The molecule has 2 saturated carbocycles. The predicted molar refractivity (Wildman–Crippen MR) is 124 cm³/mol. The van der Waals surface area contributed by atoms with Crippen LogP contribution in [0.4, 0.5) is 0 Å². The molecule has 0 N–H and O–H groups in total. The minimum absolute atomic E-state index is 0.526. The average Bonchev–Trinajstić information content (AvgIpc) is 3.30. The Morgan fingerprint density at radius 2 is 1.87 bits per heavy atom. The summed E-state index contributed by atoms with van der Waals surface area (Å²) in [6.45, 7) is 9.88. The molecule has 1 heterocycles. The van der Waals surface area contributed by atoms with Crippen molar-refractivity contribution in [2.24, 2.45) is 35.0 Å². The number of rotatable bonds is 6. The Labute approximate surface area is 187 Å². The predicted octanol–water partition coefficient (Wildman–Crippen LogP) is 7.81. The van der Waals surface area contributed by atoms with Crippen LogP contribution in [0, 0.1) is 57.7 Å². The minimum atomic E-state index is -0.585. The molecule has 6 atom stereocenters. The van der Waals surface area contributed by atoms with Gasteiger partial charge in [0.1, 0.15) is 0 Å². The van der Waals surface area contributed by atoms with Gasteiger partial charge in [0.25, 0.3) is 0 Å². The second kappa shape index (κ2) is 8.67. The van der Waals surface area contributed by atoms with Crippen LogP contribution in [0.25, 0.3) is 0 Å². The Bertz CT molecular complexity index is 826. The van der Waals surface area contributed by atoms with Gasteiger partial charge in [-0.15, -0.1) is 11.3 Å². The van der Waals surface area contributed by atoms with Crippen LogP contribution in [0.2, 0.25) is 0 Å². The van der Waals surface area contributed by atoms with E-state index in [4.69, 9.17) is 0 Å². The summed E-state index contributed by atoms with van der Waals surface area (Å²) in [6.07, 6.45) is 12.0. The first kappa shape index (κ1) is 21.9. The summed E-state index contributed by atoms with van der Waals surface area (Å²) in [5.41, 5.74) is 2.92. The third-order valence-corrected chi connectivity index (χ3v) is 10.4. The Morgan fingerprint density at radius 3 is 2.57 bits per heavy atom. The summed E-state index contributed by atoms with van der Waals surface area (Å²) in [4.78, 5) is 1.53. The van der Waals surface area contributed by atoms with E-state index in [0.717, 1.165) is 41.6 Å². The SMILES string of the molecule is CC(C)CCC[C@H](C)[C@@H]1CC[C@@H]2[C@@H]3CCc4c(C(C#N)C#N)csc4[C@H]3CC[C@@]21C. The van der Waals surface area contributed by atoms with E-state index in [1.165, 1.54) is 61.8 Å². The number of thiophene rings is 1. The van der Waals surface area contributed by atoms with E-state index >= 15 is 0 Å². The minimum Gasteiger partial charge on any atom is -0.196 e. The van der Waals surface area contributed by atoms with Crippen LogP contribution in [0.1, 0.15) is 107 Å². The summed E-state index contributed by atoms with van der Waals surface area (Å²) < 4.78 is 0. The smallest absolute Gasteiger partial charge is 0.159 e. The summed E-state index contributed by atoms with van der Waals surface area (Å²) in [6, 6.07) is 4.41. The van der Waals surface area contributed by atoms with Crippen LogP contribution in [0.3, 0.4) is 0 Å². The van der Waals surface area contributed by atoms with Crippen LogP contribution >= 0.6 is 11.3 Å². The van der Waals surface area contributed by atoms with Gasteiger partial charge in [-0.25, -0.2) is 0 Å². The van der Waals surface area contributed by atoms with Crippen molar-refractivity contribution in [1.82, 2.24) is 0 Å². The maximum absolute atomic E-state index is 9.39. The van der Waals surface area contributed by atoms with E-state index in [2.05, 4.69) is 45.2 Å². The molecule has 0 saturated heterocycles. The van der Waals surface area contributed by atoms with Gasteiger partial charge >= 0.3 is 0 Å². The molecule has 0 bridgehead atoms. The van der Waals surface area contributed by atoms with Crippen LogP contribution in [0.15, 0.2) is 5.38 Å². The molecule has 2 nitrogen and oxygen atoms in total. The standard InChI is InChI=1S/C27H38N2S/c1-17(2)6-5-7-18(3)24-10-11-25-20-8-9-21-23(19(14-28)15-29)16-30-26(21)22(20)12-13-27(24,25)4/h16-20,22,24-25H,5-13H2,1-4H3/t18-,20+,22-,24-,25+,27+/m0/s1. The van der Waals surface area contributed by atoms with Crippen molar-refractivity contribution in [3.8, 4) is 12.1 Å². The van der Waals surface area contributed by atoms with Crippen LogP contribution in [-0.2, 0) is 6.42 Å². The highest BCUT2D eigenvalue weighted by Gasteiger charge is 2.55. The van der Waals surface area contributed by atoms with Crippen molar-refractivity contribution >= 4 is 11.3 Å². The molecule has 0 amide bonds. The van der Waals surface area contributed by atoms with Gasteiger partial charge in [0, 0.05) is 4.88 Å². The summed E-state index contributed by atoms with van der Waals surface area (Å²) in [5.74, 6) is 4.37. The molecule has 0 aliphatic heterocycles. The molecule has 0 unspecified atom stereocenters. The van der Waals surface area contributed by atoms with Gasteiger partial charge in [-0.2, -0.15) is 10.5 Å². The molecule has 2 fully saturated rings. The lowest BCUT2D eigenvalue weighted by atomic mass is 9.54. The van der Waals surface area contributed by atoms with Gasteiger partial charge in [0.2, 0.25) is 0 Å². The van der Waals surface area contributed by atoms with Crippen molar-refractivity contribution < 1.29 is 0 Å². The third kappa shape index (κ3) is 3.62. The molecule has 1 aromatic heterocycles. The Hall–Kier alpha value is -1.32. The molecule has 4 rings (SSSR count). The number of nitrogens with zero attached hydrogens (tertiary/aromatic N) is 2. The van der Waals surface area contributed by atoms with Crippen molar-refractivity contribution in [1.29, 1.82) is 10.5 Å². The number of fused-ring (bicyclic) bond motifs is 5. The van der Waals surface area contributed by atoms with Crippen molar-refractivity contribution in [3.05, 3.63) is 21.4 Å². The second-order valence-electron chi connectivity index (χ2n) is 11.2. The fourth-order valence-corrected chi connectivity index (χ4v) is 9.11. The maximum atomic E-state index is 9.39. The monoisotopic (exact) mass is 422 g/mol. The Kier molecular flexibility index (Phi) is 6.33. The lowest BCUT2D eigenvalue weighted by Crippen LogP contribution is -2.43. The van der Waals surface area contributed by atoms with Gasteiger partial charge in [0.05, 0.1) is 12.1 Å². The molecular formula is C27H38N2S. The molecule has 0 radical (unpaired) electrons. The molecule has 1 aromatic rings. The molecule has 0 spiro atoms. The van der Waals surface area contributed by atoms with E-state index in [1.54, 1.807) is 0 Å². The highest BCUT2D eigenvalue weighted by Crippen LogP contribution is 2.65. The topological polar surface area (TPSA) is 47.6 Å². The van der Waals surface area contributed by atoms with E-state index < -0.39 is 5.92 Å². The number of hydrogen-bond acceptors (Lipinski definition) is 3. The van der Waals surface area contributed by atoms with Gasteiger partial charge in [-0.1, -0.05) is 47.0 Å². The summed E-state index contributed by atoms with van der Waals surface area (Å²) in [5, 5.41) is 20.9. The van der Waals surface area contributed by atoms with Gasteiger partial charge in [-0.3, -0.25) is 0 Å². The highest BCUT2D eigenvalue weighted by atomic mass is 32.1. The van der Waals surface area contributed by atoms with E-state index in [9.17, 15) is 10.5 Å². The Morgan fingerprint density at radius 1 is 1.10 bits per heavy atom. The van der Waals surface area contributed by atoms with Crippen LogP contribution in [-0.4, -0.2) is 0 Å². The number of hydrogen-bond donors (Lipinski definition) is 0. The lowest BCUT2D eigenvalue weighted by molar-refractivity contribution is 0.0105. The molecule has 3 heteroatoms. The van der Waals surface area contributed by atoms with Crippen LogP contribution < -0.4 is 0 Å². The first-order valence-corrected chi connectivity index (χ1v) is 13.2. The quantitative estimate of drug-likeness (QED) is 0.469. The zero-order valence-electron chi connectivity index (χ0n) is 19.3. The largest absolute Gasteiger partial charge is 0.196 e. The first-order chi connectivity index (χ1) is 14.4. The van der Waals surface area contributed by atoms with E-state index in [0.29, 0.717) is 11.3 Å². The summed E-state index contributed by atoms with van der Waals surface area (Å²) >= 11 is 1.85. The maximum Gasteiger partial charge on any atom is 0.159 e. The van der Waals surface area contributed by atoms with Crippen molar-refractivity contribution in [2.75, 3.05) is 0 Å². The lowest BCUT2D eigenvalue weighted by Gasteiger charge is -2.51.